The third kappa shape index (κ3) is 3.32. The number of ether oxygens (including phenoxy) is 1. The predicted octanol–water partition coefficient (Wildman–Crippen LogP) is 5.59. The lowest BCUT2D eigenvalue weighted by molar-refractivity contribution is -0.122. The summed E-state index contributed by atoms with van der Waals surface area (Å²) in [5.41, 5.74) is 4.01. The highest BCUT2D eigenvalue weighted by Crippen LogP contribution is 2.45. The van der Waals surface area contributed by atoms with Gasteiger partial charge in [0.05, 0.1) is 30.4 Å². The van der Waals surface area contributed by atoms with E-state index in [-0.39, 0.29) is 23.7 Å². The van der Waals surface area contributed by atoms with Crippen molar-refractivity contribution in [3.05, 3.63) is 88.3 Å². The molecule has 29 heavy (non-hydrogen) atoms. The Kier molecular flexibility index (Phi) is 4.60. The fourth-order valence-corrected chi connectivity index (χ4v) is 5.10. The van der Waals surface area contributed by atoms with Crippen LogP contribution in [0.5, 0.6) is 5.75 Å². The number of carbonyl (C=O) groups is 1. The number of carbonyl (C=O) groups excluding carboxylic acids is 1. The molecule has 1 aromatic heterocycles. The molecule has 0 saturated carbocycles. The molecule has 5 heteroatoms. The second-order valence-corrected chi connectivity index (χ2v) is 8.44. The first kappa shape index (κ1) is 18.0. The van der Waals surface area contributed by atoms with E-state index in [1.165, 1.54) is 4.88 Å². The fraction of sp³-hybridized carbons (Fsp3) is 0.208. The average Bonchev–Trinajstić information content (AvgIpc) is 3.23. The molecule has 4 nitrogen and oxygen atoms in total. The van der Waals surface area contributed by atoms with Gasteiger partial charge in [0.15, 0.2) is 0 Å². The number of benzene rings is 2. The minimum absolute atomic E-state index is 0.123. The van der Waals surface area contributed by atoms with Crippen molar-refractivity contribution in [1.29, 1.82) is 0 Å². The van der Waals surface area contributed by atoms with Crippen LogP contribution in [0, 0.1) is 5.92 Å². The van der Waals surface area contributed by atoms with Gasteiger partial charge in [-0.2, -0.15) is 0 Å². The second kappa shape index (κ2) is 7.41. The van der Waals surface area contributed by atoms with Gasteiger partial charge in [0, 0.05) is 22.9 Å². The summed E-state index contributed by atoms with van der Waals surface area (Å²) in [7, 11) is 1.67. The summed E-state index contributed by atoms with van der Waals surface area (Å²) in [6.45, 7) is 0. The van der Waals surface area contributed by atoms with Crippen molar-refractivity contribution in [1.82, 2.24) is 0 Å². The Labute approximate surface area is 174 Å². The molecule has 1 aliphatic carbocycles. The normalized spacial score (nSPS) is 23.0. The van der Waals surface area contributed by atoms with Crippen LogP contribution >= 0.6 is 11.3 Å². The van der Waals surface area contributed by atoms with Gasteiger partial charge in [-0.15, -0.1) is 11.3 Å². The Balaban J connectivity index is 1.63. The van der Waals surface area contributed by atoms with E-state index in [1.807, 2.05) is 42.5 Å². The minimum atomic E-state index is -0.272. The molecular weight excluding hydrogens is 380 g/mol. The van der Waals surface area contributed by atoms with Gasteiger partial charge in [0.25, 0.3) is 0 Å². The van der Waals surface area contributed by atoms with Crippen molar-refractivity contribution < 1.29 is 9.53 Å². The van der Waals surface area contributed by atoms with Crippen LogP contribution in [-0.2, 0) is 4.79 Å². The van der Waals surface area contributed by atoms with Crippen molar-refractivity contribution in [2.24, 2.45) is 5.92 Å². The van der Waals surface area contributed by atoms with Gasteiger partial charge in [-0.1, -0.05) is 36.4 Å². The van der Waals surface area contributed by atoms with Crippen molar-refractivity contribution in [3.63, 3.8) is 0 Å². The van der Waals surface area contributed by atoms with E-state index < -0.39 is 0 Å². The lowest BCUT2D eigenvalue weighted by Crippen LogP contribution is -2.33. The average molecular weight is 403 g/mol. The number of thiophene rings is 1. The molecule has 3 unspecified atom stereocenters. The number of methoxy groups -OCH3 is 1. The lowest BCUT2D eigenvalue weighted by Gasteiger charge is -2.32. The van der Waals surface area contributed by atoms with E-state index in [4.69, 9.17) is 4.74 Å². The first-order chi connectivity index (χ1) is 14.2. The molecule has 0 fully saturated rings. The molecule has 3 atom stereocenters. The maximum absolute atomic E-state index is 13.4. The van der Waals surface area contributed by atoms with Crippen molar-refractivity contribution in [2.45, 2.75) is 18.4 Å². The Morgan fingerprint density at radius 3 is 2.69 bits per heavy atom. The molecule has 0 amide bonds. The van der Waals surface area contributed by atoms with Gasteiger partial charge in [-0.25, -0.2) is 0 Å². The van der Waals surface area contributed by atoms with Crippen molar-refractivity contribution in [3.8, 4) is 5.75 Å². The minimum Gasteiger partial charge on any atom is -0.497 e. The SMILES string of the molecule is COc1cccc(C2Nc3ccccc3NC3=CC(c4cccs4)CC(=O)C32)c1. The molecule has 2 aliphatic rings. The monoisotopic (exact) mass is 402 g/mol. The molecule has 2 aromatic carbocycles. The summed E-state index contributed by atoms with van der Waals surface area (Å²) in [5, 5.41) is 9.26. The van der Waals surface area contributed by atoms with Crippen LogP contribution in [0.15, 0.2) is 77.8 Å². The Morgan fingerprint density at radius 1 is 1.03 bits per heavy atom. The molecule has 0 bridgehead atoms. The van der Waals surface area contributed by atoms with Crippen LogP contribution in [-0.4, -0.2) is 12.9 Å². The van der Waals surface area contributed by atoms with Crippen molar-refractivity contribution in [2.75, 3.05) is 17.7 Å². The Bertz CT molecular complexity index is 1070. The van der Waals surface area contributed by atoms with Crippen LogP contribution in [0.3, 0.4) is 0 Å². The van der Waals surface area contributed by atoms with Gasteiger partial charge >= 0.3 is 0 Å². The maximum Gasteiger partial charge on any atom is 0.145 e. The number of fused-ring (bicyclic) bond motifs is 2. The van der Waals surface area contributed by atoms with Crippen LogP contribution in [0.25, 0.3) is 0 Å². The smallest absolute Gasteiger partial charge is 0.145 e. The molecule has 1 aliphatic heterocycles. The van der Waals surface area contributed by atoms with Crippen LogP contribution in [0.1, 0.15) is 28.8 Å². The molecule has 0 spiro atoms. The number of hydrogen-bond donors (Lipinski definition) is 2. The van der Waals surface area contributed by atoms with Crippen LogP contribution < -0.4 is 15.4 Å². The number of anilines is 2. The first-order valence-electron chi connectivity index (χ1n) is 9.77. The first-order valence-corrected chi connectivity index (χ1v) is 10.7. The number of hydrogen-bond acceptors (Lipinski definition) is 5. The van der Waals surface area contributed by atoms with E-state index in [0.29, 0.717) is 6.42 Å². The number of nitrogens with one attached hydrogen (secondary N) is 2. The van der Waals surface area contributed by atoms with Gasteiger partial charge in [-0.3, -0.25) is 4.79 Å². The Hall–Kier alpha value is -3.05. The number of allylic oxidation sites excluding steroid dienone is 1. The highest BCUT2D eigenvalue weighted by molar-refractivity contribution is 7.10. The van der Waals surface area contributed by atoms with E-state index in [1.54, 1.807) is 18.4 Å². The zero-order valence-electron chi connectivity index (χ0n) is 16.1. The summed E-state index contributed by atoms with van der Waals surface area (Å²) >= 11 is 1.71. The Morgan fingerprint density at radius 2 is 1.90 bits per heavy atom. The lowest BCUT2D eigenvalue weighted by atomic mass is 9.78. The highest BCUT2D eigenvalue weighted by Gasteiger charge is 2.40. The number of para-hydroxylation sites is 2. The van der Waals surface area contributed by atoms with E-state index >= 15 is 0 Å². The molecule has 3 aromatic rings. The third-order valence-electron chi connectivity index (χ3n) is 5.70. The second-order valence-electron chi connectivity index (χ2n) is 7.46. The van der Waals surface area contributed by atoms with Gasteiger partial charge < -0.3 is 15.4 Å². The molecule has 0 saturated heterocycles. The summed E-state index contributed by atoms with van der Waals surface area (Å²) in [6, 6.07) is 20.1. The topological polar surface area (TPSA) is 50.4 Å². The highest BCUT2D eigenvalue weighted by atomic mass is 32.1. The van der Waals surface area contributed by atoms with Crippen LogP contribution in [0.2, 0.25) is 0 Å². The third-order valence-corrected chi connectivity index (χ3v) is 6.70. The predicted molar refractivity (Wildman–Crippen MR) is 118 cm³/mol. The van der Waals surface area contributed by atoms with E-state index in [9.17, 15) is 4.79 Å². The van der Waals surface area contributed by atoms with Gasteiger partial charge in [0.1, 0.15) is 11.5 Å². The summed E-state index contributed by atoms with van der Waals surface area (Å²) in [5.74, 6) is 0.893. The van der Waals surface area contributed by atoms with Gasteiger partial charge in [0.2, 0.25) is 0 Å². The quantitative estimate of drug-likeness (QED) is 0.599. The summed E-state index contributed by atoms with van der Waals surface area (Å²) < 4.78 is 5.43. The van der Waals surface area contributed by atoms with E-state index in [0.717, 1.165) is 28.4 Å². The molecule has 146 valence electrons. The van der Waals surface area contributed by atoms with Crippen LogP contribution in [0.4, 0.5) is 11.4 Å². The van der Waals surface area contributed by atoms with Gasteiger partial charge in [-0.05, 0) is 41.3 Å². The number of rotatable bonds is 3. The molecule has 0 radical (unpaired) electrons. The largest absolute Gasteiger partial charge is 0.497 e. The fourth-order valence-electron chi connectivity index (χ4n) is 4.30. The zero-order chi connectivity index (χ0) is 19.8. The molecule has 2 N–H and O–H groups in total. The number of ketones is 1. The van der Waals surface area contributed by atoms with Crippen molar-refractivity contribution >= 4 is 28.5 Å². The maximum atomic E-state index is 13.4. The summed E-state index contributed by atoms with van der Waals surface area (Å²) in [6.07, 6.45) is 2.77. The molecular formula is C24H22N2O2S. The molecule has 5 rings (SSSR count). The summed E-state index contributed by atoms with van der Waals surface area (Å²) in [4.78, 5) is 14.7. The van der Waals surface area contributed by atoms with E-state index in [2.05, 4.69) is 40.3 Å². The number of Topliss-reactive ketones (excluding diaryl/α,β-unsaturated/α-hetero) is 1. The zero-order valence-corrected chi connectivity index (χ0v) is 16.9. The molecule has 2 heterocycles. The standard InChI is InChI=1S/C24H22N2O2S/c1-28-17-7-4-6-15(12-17)24-23-20(25-18-8-2-3-9-19(18)26-24)13-16(14-21(23)27)22-10-5-11-29-22/h2-13,16,23-26H,14H2,1H3.